The molecule has 0 aliphatic carbocycles. The Morgan fingerprint density at radius 1 is 1.37 bits per heavy atom. The molecule has 1 fully saturated rings. The number of hydrogen-bond donors (Lipinski definition) is 2. The predicted octanol–water partition coefficient (Wildman–Crippen LogP) is 2.24. The van der Waals surface area contributed by atoms with Gasteiger partial charge in [0.05, 0.1) is 0 Å². The fraction of sp³-hybridized carbons (Fsp3) is 0.625. The van der Waals surface area contributed by atoms with Gasteiger partial charge in [0.2, 0.25) is 0 Å². The van der Waals surface area contributed by atoms with Gasteiger partial charge in [0.25, 0.3) is 0 Å². The molecule has 1 atom stereocenters. The number of anilines is 1. The van der Waals surface area contributed by atoms with Crippen molar-refractivity contribution in [2.75, 3.05) is 24.6 Å². The molecule has 1 aliphatic heterocycles. The number of hydrogen-bond acceptors (Lipinski definition) is 3. The van der Waals surface area contributed by atoms with Gasteiger partial charge in [-0.25, -0.2) is 0 Å². The van der Waals surface area contributed by atoms with Crippen LogP contribution in [0.25, 0.3) is 0 Å². The van der Waals surface area contributed by atoms with Crippen molar-refractivity contribution in [1.82, 2.24) is 5.32 Å². The van der Waals surface area contributed by atoms with E-state index in [4.69, 9.17) is 0 Å². The van der Waals surface area contributed by atoms with Crippen molar-refractivity contribution in [3.8, 4) is 0 Å². The van der Waals surface area contributed by atoms with Crippen LogP contribution in [-0.4, -0.2) is 36.4 Å². The second kappa shape index (κ2) is 5.51. The van der Waals surface area contributed by atoms with Gasteiger partial charge < -0.3 is 15.3 Å². The van der Waals surface area contributed by atoms with Crippen LogP contribution in [0.15, 0.2) is 18.2 Å². The molecule has 1 heterocycles. The van der Waals surface area contributed by atoms with Crippen LogP contribution in [-0.2, 0) is 0 Å². The van der Waals surface area contributed by atoms with Crippen molar-refractivity contribution in [1.29, 1.82) is 0 Å². The highest BCUT2D eigenvalue weighted by atomic mass is 16.3. The van der Waals surface area contributed by atoms with E-state index in [0.29, 0.717) is 6.04 Å². The van der Waals surface area contributed by atoms with E-state index >= 15 is 0 Å². The highest BCUT2D eigenvalue weighted by Gasteiger charge is 2.36. The Morgan fingerprint density at radius 2 is 2.11 bits per heavy atom. The molecule has 1 aromatic rings. The number of nitrogens with zero attached hydrogens (tertiary/aromatic N) is 1. The van der Waals surface area contributed by atoms with Gasteiger partial charge >= 0.3 is 0 Å². The van der Waals surface area contributed by atoms with Crippen molar-refractivity contribution in [3.05, 3.63) is 29.3 Å². The third-order valence-electron chi connectivity index (χ3n) is 4.25. The summed E-state index contributed by atoms with van der Waals surface area (Å²) >= 11 is 0. The molecule has 0 saturated carbocycles. The summed E-state index contributed by atoms with van der Waals surface area (Å²) in [4.78, 5) is 2.50. The van der Waals surface area contributed by atoms with Crippen LogP contribution < -0.4 is 10.2 Å². The number of rotatable bonds is 3. The summed E-state index contributed by atoms with van der Waals surface area (Å²) in [5, 5.41) is 12.8. The number of benzene rings is 1. The smallest absolute Gasteiger partial charge is 0.0474 e. The lowest BCUT2D eigenvalue weighted by atomic mass is 9.92. The van der Waals surface area contributed by atoms with E-state index in [1.54, 1.807) is 0 Å². The molecule has 0 bridgehead atoms. The molecule has 0 amide bonds. The maximum atomic E-state index is 9.32. The lowest BCUT2D eigenvalue weighted by molar-refractivity contribution is 0.241. The molecule has 106 valence electrons. The van der Waals surface area contributed by atoms with Gasteiger partial charge in [-0.15, -0.1) is 0 Å². The van der Waals surface area contributed by atoms with Crippen molar-refractivity contribution < 1.29 is 5.11 Å². The van der Waals surface area contributed by atoms with Gasteiger partial charge in [-0.3, -0.25) is 0 Å². The first kappa shape index (κ1) is 14.4. The fourth-order valence-corrected chi connectivity index (χ4v) is 3.11. The first-order valence-corrected chi connectivity index (χ1v) is 7.14. The predicted molar refractivity (Wildman–Crippen MR) is 80.8 cm³/mol. The third kappa shape index (κ3) is 2.77. The van der Waals surface area contributed by atoms with Crippen LogP contribution in [0.2, 0.25) is 0 Å². The quantitative estimate of drug-likeness (QED) is 0.877. The maximum Gasteiger partial charge on any atom is 0.0474 e. The molecule has 0 radical (unpaired) electrons. The molecular weight excluding hydrogens is 236 g/mol. The maximum absolute atomic E-state index is 9.32. The van der Waals surface area contributed by atoms with Crippen molar-refractivity contribution in [2.45, 2.75) is 45.7 Å². The van der Waals surface area contributed by atoms with E-state index in [1.165, 1.54) is 16.8 Å². The van der Waals surface area contributed by atoms with E-state index < -0.39 is 0 Å². The van der Waals surface area contributed by atoms with Crippen LogP contribution in [0.1, 0.15) is 31.4 Å². The Labute approximate surface area is 116 Å². The lowest BCUT2D eigenvalue weighted by Gasteiger charge is -2.50. The summed E-state index contributed by atoms with van der Waals surface area (Å²) in [5.41, 5.74) is 4.05. The Bertz CT molecular complexity index is 440. The summed E-state index contributed by atoms with van der Waals surface area (Å²) in [6, 6.07) is 6.86. The number of aliphatic hydroxyl groups excluding tert-OH is 1. The minimum absolute atomic E-state index is 0.0661. The topological polar surface area (TPSA) is 35.5 Å². The van der Waals surface area contributed by atoms with Gasteiger partial charge in [0.15, 0.2) is 0 Å². The lowest BCUT2D eigenvalue weighted by Crippen LogP contribution is -2.63. The van der Waals surface area contributed by atoms with Gasteiger partial charge in [-0.1, -0.05) is 12.1 Å². The Morgan fingerprint density at radius 3 is 2.79 bits per heavy atom. The molecule has 0 aromatic heterocycles. The fourth-order valence-electron chi connectivity index (χ4n) is 3.11. The van der Waals surface area contributed by atoms with Crippen molar-refractivity contribution in [2.24, 2.45) is 0 Å². The van der Waals surface area contributed by atoms with Crippen molar-refractivity contribution >= 4 is 5.69 Å². The van der Waals surface area contributed by atoms with Crippen LogP contribution in [0.5, 0.6) is 0 Å². The average Bonchev–Trinajstić information content (AvgIpc) is 2.33. The number of aryl methyl sites for hydroxylation is 1. The van der Waals surface area contributed by atoms with E-state index in [9.17, 15) is 5.11 Å². The second-order valence-corrected chi connectivity index (χ2v) is 6.20. The van der Waals surface area contributed by atoms with E-state index in [2.05, 4.69) is 56.1 Å². The van der Waals surface area contributed by atoms with Gasteiger partial charge in [0, 0.05) is 37.0 Å². The van der Waals surface area contributed by atoms with Crippen molar-refractivity contribution in [3.63, 3.8) is 0 Å². The standard InChI is InChI=1S/C16H26N2O/c1-12-6-5-7-15(13(12)2)18-14(8-9-19)10-17-11-16(18,3)4/h5-7,14,17,19H,8-11H2,1-4H3. The normalized spacial score (nSPS) is 22.6. The molecule has 1 aromatic carbocycles. The second-order valence-electron chi connectivity index (χ2n) is 6.20. The SMILES string of the molecule is Cc1cccc(N2C(CCO)CNCC2(C)C)c1C. The number of piperazine rings is 1. The first-order chi connectivity index (χ1) is 8.97. The minimum atomic E-state index is 0.0661. The monoisotopic (exact) mass is 262 g/mol. The zero-order chi connectivity index (χ0) is 14.0. The Hall–Kier alpha value is -1.06. The van der Waals surface area contributed by atoms with Gasteiger partial charge in [-0.05, 0) is 51.3 Å². The molecule has 3 nitrogen and oxygen atoms in total. The Balaban J connectivity index is 2.43. The third-order valence-corrected chi connectivity index (χ3v) is 4.25. The molecule has 2 rings (SSSR count). The van der Waals surface area contributed by atoms with E-state index in [1.807, 2.05) is 0 Å². The van der Waals surface area contributed by atoms with Crippen LogP contribution in [0.3, 0.4) is 0 Å². The molecule has 1 saturated heterocycles. The number of nitrogens with one attached hydrogen (secondary N) is 1. The molecular formula is C16H26N2O. The molecule has 1 aliphatic rings. The highest BCUT2D eigenvalue weighted by Crippen LogP contribution is 2.33. The summed E-state index contributed by atoms with van der Waals surface area (Å²) in [7, 11) is 0. The summed E-state index contributed by atoms with van der Waals surface area (Å²) in [5.74, 6) is 0. The summed E-state index contributed by atoms with van der Waals surface area (Å²) < 4.78 is 0. The van der Waals surface area contributed by atoms with Gasteiger partial charge in [0.1, 0.15) is 0 Å². The molecule has 2 N–H and O–H groups in total. The first-order valence-electron chi connectivity index (χ1n) is 7.14. The number of aliphatic hydroxyl groups is 1. The Kier molecular flexibility index (Phi) is 4.16. The van der Waals surface area contributed by atoms with Crippen LogP contribution >= 0.6 is 0 Å². The largest absolute Gasteiger partial charge is 0.396 e. The molecule has 0 spiro atoms. The minimum Gasteiger partial charge on any atom is -0.396 e. The zero-order valence-electron chi connectivity index (χ0n) is 12.5. The summed E-state index contributed by atoms with van der Waals surface area (Å²) in [6.07, 6.45) is 0.809. The molecule has 1 unspecified atom stereocenters. The average molecular weight is 262 g/mol. The molecule has 19 heavy (non-hydrogen) atoms. The summed E-state index contributed by atoms with van der Waals surface area (Å²) in [6.45, 7) is 11.0. The van der Waals surface area contributed by atoms with E-state index in [-0.39, 0.29) is 12.1 Å². The van der Waals surface area contributed by atoms with Gasteiger partial charge in [-0.2, -0.15) is 0 Å². The zero-order valence-corrected chi connectivity index (χ0v) is 12.5. The highest BCUT2D eigenvalue weighted by molar-refractivity contribution is 5.59. The van der Waals surface area contributed by atoms with Crippen LogP contribution in [0, 0.1) is 13.8 Å². The van der Waals surface area contributed by atoms with Crippen LogP contribution in [0.4, 0.5) is 5.69 Å². The molecule has 3 heteroatoms. The van der Waals surface area contributed by atoms with E-state index in [0.717, 1.165) is 19.5 Å².